The zero-order valence-corrected chi connectivity index (χ0v) is 21.3. The fourth-order valence-corrected chi connectivity index (χ4v) is 4.30. The summed E-state index contributed by atoms with van der Waals surface area (Å²) >= 11 is 3.58. The molecule has 0 spiro atoms. The molecule has 0 unspecified atom stereocenters. The Balaban J connectivity index is 1.82. The number of nitrogens with zero attached hydrogens (tertiary/aromatic N) is 1. The van der Waals surface area contributed by atoms with Crippen LogP contribution >= 0.6 is 15.9 Å². The molecule has 0 aromatic heterocycles. The number of fused-ring (bicyclic) bond motifs is 1. The van der Waals surface area contributed by atoms with Crippen LogP contribution in [-0.4, -0.2) is 35.4 Å². The normalized spacial score (nSPS) is 12.7. The molecule has 0 saturated carbocycles. The summed E-state index contributed by atoms with van der Waals surface area (Å²) in [4.78, 5) is 27.9. The number of carbonyl (C=O) groups excluding carboxylic acids is 2. The topological polar surface area (TPSA) is 58.6 Å². The number of halogens is 2. The van der Waals surface area contributed by atoms with Crippen molar-refractivity contribution < 1.29 is 18.7 Å². The number of rotatable bonds is 10. The molecule has 180 valence electrons. The van der Waals surface area contributed by atoms with Gasteiger partial charge in [-0.2, -0.15) is 0 Å². The first-order chi connectivity index (χ1) is 16.3. The molecule has 2 atom stereocenters. The fourth-order valence-electron chi connectivity index (χ4n) is 3.69. The number of ether oxygens (including phenoxy) is 1. The first-order valence-electron chi connectivity index (χ1n) is 11.5. The number of hydrogen-bond acceptors (Lipinski definition) is 3. The average molecular weight is 529 g/mol. The van der Waals surface area contributed by atoms with Gasteiger partial charge in [0.25, 0.3) is 5.91 Å². The van der Waals surface area contributed by atoms with E-state index in [0.29, 0.717) is 12.2 Å². The zero-order chi connectivity index (χ0) is 24.7. The number of nitrogens with one attached hydrogen (secondary N) is 1. The molecule has 0 aliphatic rings. The second-order valence-corrected chi connectivity index (χ2v) is 9.07. The molecule has 0 aliphatic heterocycles. The lowest BCUT2D eigenvalue weighted by molar-refractivity contribution is -0.143. The van der Waals surface area contributed by atoms with Gasteiger partial charge in [0, 0.05) is 12.6 Å². The molecule has 0 bridgehead atoms. The van der Waals surface area contributed by atoms with Gasteiger partial charge in [0.15, 0.2) is 6.61 Å². The largest absolute Gasteiger partial charge is 0.483 e. The third-order valence-corrected chi connectivity index (χ3v) is 6.65. The predicted octanol–water partition coefficient (Wildman–Crippen LogP) is 5.84. The van der Waals surface area contributed by atoms with Crippen LogP contribution in [0.3, 0.4) is 0 Å². The number of hydrogen-bond donors (Lipinski definition) is 1. The first-order valence-corrected chi connectivity index (χ1v) is 12.3. The predicted molar refractivity (Wildman–Crippen MR) is 136 cm³/mol. The van der Waals surface area contributed by atoms with Crippen LogP contribution in [0.4, 0.5) is 4.39 Å². The molecule has 1 N–H and O–H groups in total. The first kappa shape index (κ1) is 25.7. The van der Waals surface area contributed by atoms with E-state index in [2.05, 4.69) is 21.2 Å². The molecule has 7 heteroatoms. The van der Waals surface area contributed by atoms with Gasteiger partial charge in [-0.05, 0) is 70.2 Å². The molecule has 3 aromatic carbocycles. The van der Waals surface area contributed by atoms with Crippen molar-refractivity contribution in [3.63, 3.8) is 0 Å². The number of amides is 2. The van der Waals surface area contributed by atoms with Crippen LogP contribution < -0.4 is 10.1 Å². The molecular formula is C27H30BrFN2O3. The van der Waals surface area contributed by atoms with Gasteiger partial charge in [0.2, 0.25) is 5.91 Å². The van der Waals surface area contributed by atoms with Crippen molar-refractivity contribution in [2.75, 3.05) is 6.61 Å². The van der Waals surface area contributed by atoms with Crippen LogP contribution in [-0.2, 0) is 16.1 Å². The standard InChI is InChI=1S/C27H30BrFN2O3/c1-4-18(3)30-27(33)23(5-2)31(16-19-10-13-21(29)14-11-19)25(32)17-34-24-15-12-20-8-6-7-9-22(20)26(24)28/h6-15,18,23H,4-5,16-17H2,1-3H3,(H,30,33)/t18-,23+/m0/s1. The van der Waals surface area contributed by atoms with E-state index in [0.717, 1.165) is 27.2 Å². The SMILES string of the molecule is CC[C@H](C(=O)N[C@@H](C)CC)N(Cc1ccc(F)cc1)C(=O)COc1ccc2ccccc2c1Br. The van der Waals surface area contributed by atoms with Gasteiger partial charge in [-0.25, -0.2) is 4.39 Å². The Morgan fingerprint density at radius 3 is 2.41 bits per heavy atom. The Morgan fingerprint density at radius 2 is 1.74 bits per heavy atom. The van der Waals surface area contributed by atoms with Crippen molar-refractivity contribution in [3.05, 3.63) is 76.5 Å². The molecular weight excluding hydrogens is 499 g/mol. The highest BCUT2D eigenvalue weighted by atomic mass is 79.9. The van der Waals surface area contributed by atoms with Crippen LogP contribution in [0.5, 0.6) is 5.75 Å². The number of benzene rings is 3. The Labute approximate surface area is 208 Å². The maximum atomic E-state index is 13.4. The van der Waals surface area contributed by atoms with Gasteiger partial charge in [-0.1, -0.05) is 56.3 Å². The Morgan fingerprint density at radius 1 is 1.03 bits per heavy atom. The monoisotopic (exact) mass is 528 g/mol. The maximum absolute atomic E-state index is 13.4. The molecule has 34 heavy (non-hydrogen) atoms. The van der Waals surface area contributed by atoms with Crippen LogP contribution in [0, 0.1) is 5.82 Å². The minimum atomic E-state index is -0.671. The molecule has 0 aliphatic carbocycles. The van der Waals surface area contributed by atoms with Crippen molar-refractivity contribution in [2.24, 2.45) is 0 Å². The highest BCUT2D eigenvalue weighted by Gasteiger charge is 2.29. The summed E-state index contributed by atoms with van der Waals surface area (Å²) in [5.41, 5.74) is 0.733. The van der Waals surface area contributed by atoms with E-state index in [1.54, 1.807) is 12.1 Å². The summed E-state index contributed by atoms with van der Waals surface area (Å²) in [5.74, 6) is -0.340. The molecule has 0 heterocycles. The van der Waals surface area contributed by atoms with Gasteiger partial charge in [0.05, 0.1) is 4.47 Å². The van der Waals surface area contributed by atoms with Crippen LogP contribution in [0.2, 0.25) is 0 Å². The maximum Gasteiger partial charge on any atom is 0.261 e. The van der Waals surface area contributed by atoms with E-state index >= 15 is 0 Å². The Bertz CT molecular complexity index is 1140. The third kappa shape index (κ3) is 6.35. The lowest BCUT2D eigenvalue weighted by Crippen LogP contribution is -2.51. The minimum absolute atomic E-state index is 0.00544. The van der Waals surface area contributed by atoms with E-state index in [9.17, 15) is 14.0 Å². The molecule has 0 saturated heterocycles. The molecule has 3 rings (SSSR count). The van der Waals surface area contributed by atoms with E-state index in [1.807, 2.05) is 57.2 Å². The van der Waals surface area contributed by atoms with Crippen LogP contribution in [0.25, 0.3) is 10.8 Å². The lowest BCUT2D eigenvalue weighted by Gasteiger charge is -2.31. The molecule has 0 radical (unpaired) electrons. The summed E-state index contributed by atoms with van der Waals surface area (Å²) in [6.45, 7) is 5.73. The number of carbonyl (C=O) groups is 2. The van der Waals surface area contributed by atoms with E-state index in [1.165, 1.54) is 17.0 Å². The lowest BCUT2D eigenvalue weighted by atomic mass is 10.1. The van der Waals surface area contributed by atoms with Crippen molar-refractivity contribution >= 4 is 38.5 Å². The Kier molecular flexibility index (Phi) is 9.05. The van der Waals surface area contributed by atoms with E-state index in [4.69, 9.17) is 4.74 Å². The van der Waals surface area contributed by atoms with Crippen molar-refractivity contribution in [3.8, 4) is 5.75 Å². The van der Waals surface area contributed by atoms with Crippen molar-refractivity contribution in [1.29, 1.82) is 0 Å². The highest BCUT2D eigenvalue weighted by molar-refractivity contribution is 9.10. The van der Waals surface area contributed by atoms with Gasteiger partial charge in [-0.15, -0.1) is 0 Å². The van der Waals surface area contributed by atoms with Gasteiger partial charge < -0.3 is 15.0 Å². The summed E-state index contributed by atoms with van der Waals surface area (Å²) < 4.78 is 20.1. The molecule has 3 aromatic rings. The van der Waals surface area contributed by atoms with Crippen LogP contribution in [0.1, 0.15) is 39.2 Å². The summed E-state index contributed by atoms with van der Waals surface area (Å²) in [6.07, 6.45) is 1.22. The summed E-state index contributed by atoms with van der Waals surface area (Å²) in [5, 5.41) is 5.01. The zero-order valence-electron chi connectivity index (χ0n) is 19.7. The second kappa shape index (κ2) is 12.0. The fraction of sp³-hybridized carbons (Fsp3) is 0.333. The van der Waals surface area contributed by atoms with Gasteiger partial charge in [0.1, 0.15) is 17.6 Å². The van der Waals surface area contributed by atoms with E-state index in [-0.39, 0.29) is 36.8 Å². The van der Waals surface area contributed by atoms with Gasteiger partial charge >= 0.3 is 0 Å². The molecule has 5 nitrogen and oxygen atoms in total. The highest BCUT2D eigenvalue weighted by Crippen LogP contribution is 2.33. The third-order valence-electron chi connectivity index (χ3n) is 5.83. The summed E-state index contributed by atoms with van der Waals surface area (Å²) in [7, 11) is 0. The van der Waals surface area contributed by atoms with Crippen LogP contribution in [0.15, 0.2) is 65.1 Å². The Hall–Kier alpha value is -2.93. The summed E-state index contributed by atoms with van der Waals surface area (Å²) in [6, 6.07) is 16.9. The molecule has 0 fully saturated rings. The second-order valence-electron chi connectivity index (χ2n) is 8.28. The van der Waals surface area contributed by atoms with Crippen molar-refractivity contribution in [2.45, 2.75) is 52.2 Å². The van der Waals surface area contributed by atoms with Gasteiger partial charge in [-0.3, -0.25) is 9.59 Å². The van der Waals surface area contributed by atoms with E-state index < -0.39 is 6.04 Å². The van der Waals surface area contributed by atoms with Crippen molar-refractivity contribution in [1.82, 2.24) is 10.2 Å². The molecule has 2 amide bonds. The minimum Gasteiger partial charge on any atom is -0.483 e. The smallest absolute Gasteiger partial charge is 0.261 e. The quantitative estimate of drug-likeness (QED) is 0.359. The average Bonchev–Trinajstić information content (AvgIpc) is 2.84.